The second-order valence-electron chi connectivity index (χ2n) is 5.36. The van der Waals surface area contributed by atoms with Crippen molar-refractivity contribution in [3.63, 3.8) is 0 Å². The standard InChI is InChI=1S/C16H17N3O2S/c1-16(2,21-15(18)20)10-12-5-3-11(9-13(12)17)4-6-14-19-7-8-22-14/h3,5,7-9H,10,17H2,1-2H3,(H2,18,20). The fourth-order valence-electron chi connectivity index (χ4n) is 2.01. The van der Waals surface area contributed by atoms with E-state index in [9.17, 15) is 4.79 Å². The number of carbonyl (C=O) groups excluding carboxylic acids is 1. The molecule has 0 unspecified atom stereocenters. The molecule has 1 aromatic heterocycles. The van der Waals surface area contributed by atoms with Crippen LogP contribution in [0.1, 0.15) is 30.0 Å². The summed E-state index contributed by atoms with van der Waals surface area (Å²) in [6.45, 7) is 3.57. The van der Waals surface area contributed by atoms with E-state index in [0.717, 1.165) is 16.1 Å². The Morgan fingerprint density at radius 2 is 2.18 bits per heavy atom. The van der Waals surface area contributed by atoms with E-state index >= 15 is 0 Å². The lowest BCUT2D eigenvalue weighted by atomic mass is 9.96. The maximum absolute atomic E-state index is 10.9. The van der Waals surface area contributed by atoms with Crippen LogP contribution < -0.4 is 11.5 Å². The van der Waals surface area contributed by atoms with Crippen LogP contribution in [0.3, 0.4) is 0 Å². The van der Waals surface area contributed by atoms with Crippen LogP contribution in [0.15, 0.2) is 29.8 Å². The molecule has 2 rings (SSSR count). The van der Waals surface area contributed by atoms with E-state index in [4.69, 9.17) is 16.2 Å². The quantitative estimate of drug-likeness (QED) is 0.672. The van der Waals surface area contributed by atoms with Gasteiger partial charge in [0.2, 0.25) is 0 Å². The molecule has 4 N–H and O–H groups in total. The topological polar surface area (TPSA) is 91.2 Å². The summed E-state index contributed by atoms with van der Waals surface area (Å²) in [5.41, 5.74) is 12.7. The molecule has 0 aliphatic carbocycles. The Labute approximate surface area is 133 Å². The first-order valence-electron chi connectivity index (χ1n) is 6.64. The number of nitrogens with two attached hydrogens (primary N) is 2. The maximum Gasteiger partial charge on any atom is 0.405 e. The first kappa shape index (κ1) is 15.9. The molecule has 114 valence electrons. The third-order valence-corrected chi connectivity index (χ3v) is 3.57. The molecule has 0 fully saturated rings. The minimum atomic E-state index is -0.797. The van der Waals surface area contributed by atoms with Gasteiger partial charge in [-0.05, 0) is 37.5 Å². The number of aromatic nitrogens is 1. The predicted molar refractivity (Wildman–Crippen MR) is 87.4 cm³/mol. The van der Waals surface area contributed by atoms with Gasteiger partial charge in [-0.3, -0.25) is 0 Å². The molecule has 2 aromatic rings. The van der Waals surface area contributed by atoms with Crippen molar-refractivity contribution in [1.29, 1.82) is 0 Å². The first-order chi connectivity index (χ1) is 10.4. The van der Waals surface area contributed by atoms with E-state index < -0.39 is 11.7 Å². The van der Waals surface area contributed by atoms with Gasteiger partial charge in [0.1, 0.15) is 5.60 Å². The number of amides is 1. The Balaban J connectivity index is 2.14. The number of ether oxygens (including phenoxy) is 1. The molecule has 0 saturated carbocycles. The van der Waals surface area contributed by atoms with E-state index in [2.05, 4.69) is 16.8 Å². The Hall–Kier alpha value is -2.52. The molecule has 22 heavy (non-hydrogen) atoms. The van der Waals surface area contributed by atoms with Crippen molar-refractivity contribution < 1.29 is 9.53 Å². The highest BCUT2D eigenvalue weighted by atomic mass is 32.1. The number of thiazole rings is 1. The van der Waals surface area contributed by atoms with E-state index in [0.29, 0.717) is 12.1 Å². The lowest BCUT2D eigenvalue weighted by Crippen LogP contribution is -2.33. The number of primary amides is 1. The highest BCUT2D eigenvalue weighted by molar-refractivity contribution is 7.10. The number of benzene rings is 1. The van der Waals surface area contributed by atoms with Crippen LogP contribution >= 0.6 is 11.3 Å². The summed E-state index contributed by atoms with van der Waals surface area (Å²) in [5.74, 6) is 6.00. The van der Waals surface area contributed by atoms with Crippen LogP contribution in [-0.4, -0.2) is 16.7 Å². The molecule has 0 spiro atoms. The minimum absolute atomic E-state index is 0.474. The molecule has 0 bridgehead atoms. The van der Waals surface area contributed by atoms with Crippen molar-refractivity contribution >= 4 is 23.1 Å². The summed E-state index contributed by atoms with van der Waals surface area (Å²) in [4.78, 5) is 15.0. The summed E-state index contributed by atoms with van der Waals surface area (Å²) < 4.78 is 5.07. The summed E-state index contributed by atoms with van der Waals surface area (Å²) >= 11 is 1.49. The zero-order valence-corrected chi connectivity index (χ0v) is 13.2. The third-order valence-electron chi connectivity index (χ3n) is 2.89. The molecule has 0 atom stereocenters. The zero-order valence-electron chi connectivity index (χ0n) is 12.4. The molecule has 1 heterocycles. The molecular formula is C16H17N3O2S. The second-order valence-corrected chi connectivity index (χ2v) is 6.25. The fourth-order valence-corrected chi connectivity index (χ4v) is 2.49. The molecule has 0 aliphatic heterocycles. The average Bonchev–Trinajstić information content (AvgIpc) is 2.90. The summed E-state index contributed by atoms with van der Waals surface area (Å²) in [6.07, 6.45) is 1.39. The maximum atomic E-state index is 10.9. The Bertz CT molecular complexity index is 728. The molecule has 1 aromatic carbocycles. The lowest BCUT2D eigenvalue weighted by Gasteiger charge is -2.24. The molecule has 0 saturated heterocycles. The van der Waals surface area contributed by atoms with Crippen LogP contribution in [0.4, 0.5) is 10.5 Å². The van der Waals surface area contributed by atoms with Crippen molar-refractivity contribution in [2.24, 2.45) is 5.73 Å². The number of nitrogen functional groups attached to an aromatic ring is 1. The minimum Gasteiger partial charge on any atom is -0.443 e. The van der Waals surface area contributed by atoms with Gasteiger partial charge in [-0.15, -0.1) is 11.3 Å². The van der Waals surface area contributed by atoms with E-state index in [1.165, 1.54) is 11.3 Å². The predicted octanol–water partition coefficient (Wildman–Crippen LogP) is 2.54. The second kappa shape index (κ2) is 6.50. The van der Waals surface area contributed by atoms with Gasteiger partial charge in [-0.25, -0.2) is 9.78 Å². The van der Waals surface area contributed by atoms with Crippen molar-refractivity contribution in [1.82, 2.24) is 4.98 Å². The van der Waals surface area contributed by atoms with E-state index in [1.54, 1.807) is 26.1 Å². The first-order valence-corrected chi connectivity index (χ1v) is 7.52. The number of carbonyl (C=O) groups is 1. The van der Waals surface area contributed by atoms with Crippen LogP contribution in [-0.2, 0) is 11.2 Å². The fraction of sp³-hybridized carbons (Fsp3) is 0.250. The highest BCUT2D eigenvalue weighted by Crippen LogP contribution is 2.22. The monoisotopic (exact) mass is 315 g/mol. The number of hydrogen-bond acceptors (Lipinski definition) is 5. The number of nitrogens with zero attached hydrogens (tertiary/aromatic N) is 1. The van der Waals surface area contributed by atoms with Crippen LogP contribution in [0.2, 0.25) is 0 Å². The lowest BCUT2D eigenvalue weighted by molar-refractivity contribution is 0.0461. The van der Waals surface area contributed by atoms with Crippen molar-refractivity contribution in [2.75, 3.05) is 5.73 Å². The van der Waals surface area contributed by atoms with Gasteiger partial charge in [0.25, 0.3) is 0 Å². The van der Waals surface area contributed by atoms with Gasteiger partial charge in [-0.2, -0.15) is 0 Å². The molecular weight excluding hydrogens is 298 g/mol. The Kier molecular flexibility index (Phi) is 4.68. The van der Waals surface area contributed by atoms with Crippen molar-refractivity contribution in [3.8, 4) is 11.8 Å². The van der Waals surface area contributed by atoms with Gasteiger partial charge >= 0.3 is 6.09 Å². The van der Waals surface area contributed by atoms with Crippen LogP contribution in [0.5, 0.6) is 0 Å². The van der Waals surface area contributed by atoms with Gasteiger partial charge in [0.05, 0.1) is 0 Å². The van der Waals surface area contributed by atoms with E-state index in [-0.39, 0.29) is 0 Å². The normalized spacial score (nSPS) is 10.6. The summed E-state index contributed by atoms with van der Waals surface area (Å²) in [5, 5.41) is 2.64. The third kappa shape index (κ3) is 4.50. The zero-order chi connectivity index (χ0) is 16.2. The van der Waals surface area contributed by atoms with Gasteiger partial charge in [0.15, 0.2) is 5.01 Å². The molecule has 0 aliphatic rings. The van der Waals surface area contributed by atoms with Crippen LogP contribution in [0.25, 0.3) is 0 Å². The van der Waals surface area contributed by atoms with Crippen LogP contribution in [0, 0.1) is 11.8 Å². The SMILES string of the molecule is CC(C)(Cc1ccc(C#Cc2nccs2)cc1N)OC(N)=O. The number of hydrogen-bond donors (Lipinski definition) is 2. The van der Waals surface area contributed by atoms with Gasteiger partial charge in [0, 0.05) is 29.2 Å². The molecule has 0 radical (unpaired) electrons. The van der Waals surface area contributed by atoms with E-state index in [1.807, 2.05) is 17.5 Å². The largest absolute Gasteiger partial charge is 0.443 e. The smallest absolute Gasteiger partial charge is 0.405 e. The number of rotatable bonds is 3. The average molecular weight is 315 g/mol. The summed E-state index contributed by atoms with van der Waals surface area (Å²) in [7, 11) is 0. The molecule has 6 heteroatoms. The molecule has 5 nitrogen and oxygen atoms in total. The van der Waals surface area contributed by atoms with Gasteiger partial charge in [-0.1, -0.05) is 12.0 Å². The Morgan fingerprint density at radius 3 is 2.77 bits per heavy atom. The van der Waals surface area contributed by atoms with Gasteiger partial charge < -0.3 is 16.2 Å². The van der Waals surface area contributed by atoms with Crippen molar-refractivity contribution in [2.45, 2.75) is 25.9 Å². The Morgan fingerprint density at radius 1 is 1.41 bits per heavy atom. The highest BCUT2D eigenvalue weighted by Gasteiger charge is 2.23. The summed E-state index contributed by atoms with van der Waals surface area (Å²) in [6, 6.07) is 5.57. The van der Waals surface area contributed by atoms with Crippen molar-refractivity contribution in [3.05, 3.63) is 45.9 Å². The molecule has 1 amide bonds. The number of anilines is 1.